The Hall–Kier alpha value is -2.08. The number of hydrogen-bond acceptors (Lipinski definition) is 4. The van der Waals surface area contributed by atoms with E-state index >= 15 is 0 Å². The molecule has 1 amide bonds. The standard InChI is InChI=1S/C14H17NO5/c1-14(13(17)18)8-20-7-11(14)15-12(16)9-3-5-10(19-2)6-4-9/h3-6,11H,7-8H2,1-2H3,(H,15,16)(H,17,18). The van der Waals surface area contributed by atoms with Gasteiger partial charge in [-0.3, -0.25) is 9.59 Å². The van der Waals surface area contributed by atoms with Crippen molar-refractivity contribution in [2.75, 3.05) is 20.3 Å². The van der Waals surface area contributed by atoms with Crippen molar-refractivity contribution < 1.29 is 24.2 Å². The van der Waals surface area contributed by atoms with Gasteiger partial charge in [0.2, 0.25) is 0 Å². The molecule has 2 atom stereocenters. The van der Waals surface area contributed by atoms with Gasteiger partial charge in [-0.1, -0.05) is 0 Å². The predicted molar refractivity (Wildman–Crippen MR) is 70.8 cm³/mol. The van der Waals surface area contributed by atoms with Crippen molar-refractivity contribution in [1.29, 1.82) is 0 Å². The molecule has 1 aromatic carbocycles. The van der Waals surface area contributed by atoms with Crippen molar-refractivity contribution in [2.45, 2.75) is 13.0 Å². The van der Waals surface area contributed by atoms with Crippen molar-refractivity contribution in [3.63, 3.8) is 0 Å². The molecule has 0 radical (unpaired) electrons. The molecule has 1 aromatic rings. The molecule has 1 heterocycles. The molecule has 20 heavy (non-hydrogen) atoms. The number of hydrogen-bond donors (Lipinski definition) is 2. The van der Waals surface area contributed by atoms with Crippen molar-refractivity contribution in [3.05, 3.63) is 29.8 Å². The molecule has 108 valence electrons. The number of rotatable bonds is 4. The van der Waals surface area contributed by atoms with Gasteiger partial charge in [0.25, 0.3) is 5.91 Å². The number of amides is 1. The second-order valence-electron chi connectivity index (χ2n) is 4.99. The number of benzene rings is 1. The van der Waals surface area contributed by atoms with E-state index in [0.717, 1.165) is 0 Å². The van der Waals surface area contributed by atoms with Crippen LogP contribution in [-0.4, -0.2) is 43.3 Å². The van der Waals surface area contributed by atoms with Gasteiger partial charge < -0.3 is 19.9 Å². The van der Waals surface area contributed by atoms with Gasteiger partial charge in [0, 0.05) is 5.56 Å². The molecule has 2 unspecified atom stereocenters. The van der Waals surface area contributed by atoms with Crippen LogP contribution in [0.5, 0.6) is 5.75 Å². The van der Waals surface area contributed by atoms with E-state index in [9.17, 15) is 14.7 Å². The average molecular weight is 279 g/mol. The van der Waals surface area contributed by atoms with Crippen LogP contribution in [-0.2, 0) is 9.53 Å². The number of carboxylic acid groups (broad SMARTS) is 1. The molecule has 1 aliphatic rings. The van der Waals surface area contributed by atoms with Crippen molar-refractivity contribution in [3.8, 4) is 5.75 Å². The number of ether oxygens (including phenoxy) is 2. The third-order valence-electron chi connectivity index (χ3n) is 3.60. The Balaban J connectivity index is 2.09. The first-order valence-corrected chi connectivity index (χ1v) is 6.23. The molecular weight excluding hydrogens is 262 g/mol. The first-order valence-electron chi connectivity index (χ1n) is 6.23. The SMILES string of the molecule is COc1ccc(C(=O)NC2COCC2(C)C(=O)O)cc1. The fourth-order valence-corrected chi connectivity index (χ4v) is 2.07. The number of nitrogens with one attached hydrogen (secondary N) is 1. The Morgan fingerprint density at radius 3 is 2.60 bits per heavy atom. The van der Waals surface area contributed by atoms with E-state index in [0.29, 0.717) is 11.3 Å². The average Bonchev–Trinajstić information content (AvgIpc) is 2.81. The lowest BCUT2D eigenvalue weighted by molar-refractivity contribution is -0.148. The summed E-state index contributed by atoms with van der Waals surface area (Å²) in [7, 11) is 1.54. The monoisotopic (exact) mass is 279 g/mol. The predicted octanol–water partition coefficient (Wildman–Crippen LogP) is 0.915. The maximum absolute atomic E-state index is 12.1. The maximum Gasteiger partial charge on any atom is 0.313 e. The van der Waals surface area contributed by atoms with E-state index in [1.54, 1.807) is 38.3 Å². The molecule has 6 heteroatoms. The molecule has 1 saturated heterocycles. The van der Waals surface area contributed by atoms with Crippen LogP contribution < -0.4 is 10.1 Å². The molecule has 2 N–H and O–H groups in total. The molecule has 2 rings (SSSR count). The van der Waals surface area contributed by atoms with Crippen LogP contribution in [0.15, 0.2) is 24.3 Å². The zero-order valence-corrected chi connectivity index (χ0v) is 11.4. The number of carboxylic acids is 1. The number of carbonyl (C=O) groups is 2. The number of aliphatic carboxylic acids is 1. The summed E-state index contributed by atoms with van der Waals surface area (Å²) in [6.45, 7) is 1.86. The van der Waals surface area contributed by atoms with E-state index in [1.807, 2.05) is 0 Å². The van der Waals surface area contributed by atoms with Crippen LogP contribution >= 0.6 is 0 Å². The lowest BCUT2D eigenvalue weighted by Crippen LogP contribution is -2.49. The summed E-state index contributed by atoms with van der Waals surface area (Å²) >= 11 is 0. The summed E-state index contributed by atoms with van der Waals surface area (Å²) in [6.07, 6.45) is 0. The van der Waals surface area contributed by atoms with Gasteiger partial charge in [-0.25, -0.2) is 0 Å². The van der Waals surface area contributed by atoms with E-state index in [4.69, 9.17) is 9.47 Å². The zero-order valence-electron chi connectivity index (χ0n) is 11.4. The van der Waals surface area contributed by atoms with Gasteiger partial charge >= 0.3 is 5.97 Å². The van der Waals surface area contributed by atoms with Gasteiger partial charge in [-0.15, -0.1) is 0 Å². The smallest absolute Gasteiger partial charge is 0.313 e. The van der Waals surface area contributed by atoms with Crippen LogP contribution in [0.25, 0.3) is 0 Å². The minimum Gasteiger partial charge on any atom is -0.497 e. The van der Waals surface area contributed by atoms with E-state index in [2.05, 4.69) is 5.32 Å². The highest BCUT2D eigenvalue weighted by atomic mass is 16.5. The van der Waals surface area contributed by atoms with Crippen LogP contribution in [0, 0.1) is 5.41 Å². The van der Waals surface area contributed by atoms with Crippen LogP contribution in [0.4, 0.5) is 0 Å². The first-order chi connectivity index (χ1) is 9.47. The second-order valence-corrected chi connectivity index (χ2v) is 4.99. The Morgan fingerprint density at radius 2 is 2.05 bits per heavy atom. The Labute approximate surface area is 116 Å². The van der Waals surface area contributed by atoms with Gasteiger partial charge in [0.1, 0.15) is 11.2 Å². The topological polar surface area (TPSA) is 84.9 Å². The van der Waals surface area contributed by atoms with Gasteiger partial charge in [-0.05, 0) is 31.2 Å². The molecule has 1 aliphatic heterocycles. The molecular formula is C14H17NO5. The first kappa shape index (κ1) is 14.3. The highest BCUT2D eigenvalue weighted by Crippen LogP contribution is 2.29. The second kappa shape index (κ2) is 5.50. The van der Waals surface area contributed by atoms with E-state index in [1.165, 1.54) is 0 Å². The maximum atomic E-state index is 12.1. The molecule has 6 nitrogen and oxygen atoms in total. The summed E-state index contributed by atoms with van der Waals surface area (Å²) in [4.78, 5) is 23.4. The quantitative estimate of drug-likeness (QED) is 0.856. The third-order valence-corrected chi connectivity index (χ3v) is 3.60. The molecule has 0 bridgehead atoms. The van der Waals surface area contributed by atoms with Gasteiger partial charge in [-0.2, -0.15) is 0 Å². The van der Waals surface area contributed by atoms with Crippen LogP contribution in [0.3, 0.4) is 0 Å². The summed E-state index contributed by atoms with van der Waals surface area (Å²) < 4.78 is 10.2. The normalized spacial score (nSPS) is 25.2. The Bertz CT molecular complexity index is 513. The highest BCUT2D eigenvalue weighted by Gasteiger charge is 2.47. The summed E-state index contributed by atoms with van der Waals surface area (Å²) in [5, 5.41) is 12.0. The minimum absolute atomic E-state index is 0.0931. The number of carbonyl (C=O) groups excluding carboxylic acids is 1. The minimum atomic E-state index is -1.10. The fraction of sp³-hybridized carbons (Fsp3) is 0.429. The zero-order chi connectivity index (χ0) is 14.8. The fourth-order valence-electron chi connectivity index (χ4n) is 2.07. The number of methoxy groups -OCH3 is 1. The Morgan fingerprint density at radius 1 is 1.40 bits per heavy atom. The van der Waals surface area contributed by atoms with Gasteiger partial charge in [0.15, 0.2) is 0 Å². The summed E-state index contributed by atoms with van der Waals surface area (Å²) in [5.41, 5.74) is -0.646. The lowest BCUT2D eigenvalue weighted by Gasteiger charge is -2.25. The Kier molecular flexibility index (Phi) is 3.94. The molecule has 0 aliphatic carbocycles. The van der Waals surface area contributed by atoms with E-state index < -0.39 is 17.4 Å². The highest BCUT2D eigenvalue weighted by molar-refractivity contribution is 5.95. The van der Waals surface area contributed by atoms with Crippen LogP contribution in [0.2, 0.25) is 0 Å². The molecule has 0 saturated carbocycles. The summed E-state index contributed by atoms with van der Waals surface area (Å²) in [5.74, 6) is -0.646. The largest absolute Gasteiger partial charge is 0.497 e. The van der Waals surface area contributed by atoms with Crippen molar-refractivity contribution >= 4 is 11.9 Å². The molecule has 1 fully saturated rings. The summed E-state index contributed by atoms with van der Waals surface area (Å²) in [6, 6.07) is 6.06. The van der Waals surface area contributed by atoms with Gasteiger partial charge in [0.05, 0.1) is 26.4 Å². The lowest BCUT2D eigenvalue weighted by atomic mass is 9.85. The van der Waals surface area contributed by atoms with Crippen molar-refractivity contribution in [1.82, 2.24) is 5.32 Å². The third kappa shape index (κ3) is 2.60. The molecule has 0 spiro atoms. The molecule has 0 aromatic heterocycles. The van der Waals surface area contributed by atoms with Crippen LogP contribution in [0.1, 0.15) is 17.3 Å². The van der Waals surface area contributed by atoms with E-state index in [-0.39, 0.29) is 19.1 Å². The van der Waals surface area contributed by atoms with Crippen molar-refractivity contribution in [2.24, 2.45) is 5.41 Å².